The average Bonchev–Trinajstić information content (AvgIpc) is 3.47. The molecule has 156 valence electrons. The molecule has 4 aromatic heterocycles. The lowest BCUT2D eigenvalue weighted by Gasteiger charge is -2.07. The first kappa shape index (κ1) is 19.8. The molecule has 4 heterocycles. The number of anilines is 1. The molecule has 5 aromatic rings. The molecule has 0 spiro atoms. The second-order valence-electron chi connectivity index (χ2n) is 7.25. The Labute approximate surface area is 187 Å². The number of carbonyl (C=O) groups is 1. The summed E-state index contributed by atoms with van der Waals surface area (Å²) in [7, 11) is 0. The number of para-hydroxylation sites is 1. The number of aromatic nitrogens is 4. The van der Waals surface area contributed by atoms with Gasteiger partial charge in [0.25, 0.3) is 0 Å². The summed E-state index contributed by atoms with van der Waals surface area (Å²) in [6, 6.07) is 16.8. The number of nitrogen functional groups attached to an aromatic ring is 1. The first-order chi connectivity index (χ1) is 15.5. The van der Waals surface area contributed by atoms with Gasteiger partial charge < -0.3 is 10.7 Å². The van der Waals surface area contributed by atoms with Crippen LogP contribution in [0.2, 0.25) is 0 Å². The van der Waals surface area contributed by atoms with E-state index in [1.807, 2.05) is 48.5 Å². The molecular weight excluding hydrogens is 420 g/mol. The largest absolute Gasteiger partial charge is 0.397 e. The number of thiophene rings is 1. The summed E-state index contributed by atoms with van der Waals surface area (Å²) in [5, 5.41) is 8.75. The zero-order valence-electron chi connectivity index (χ0n) is 17.1. The van der Waals surface area contributed by atoms with Gasteiger partial charge in [0.05, 0.1) is 27.3 Å². The molecule has 0 atom stereocenters. The topological polar surface area (TPSA) is 121 Å². The number of imidazole rings is 1. The number of pyridine rings is 2. The van der Waals surface area contributed by atoms with E-state index in [9.17, 15) is 4.79 Å². The Kier molecular flexibility index (Phi) is 4.84. The van der Waals surface area contributed by atoms with Gasteiger partial charge in [-0.05, 0) is 49.4 Å². The van der Waals surface area contributed by atoms with Gasteiger partial charge in [0.2, 0.25) is 0 Å². The molecule has 8 heteroatoms. The van der Waals surface area contributed by atoms with Crippen LogP contribution in [0.1, 0.15) is 28.1 Å². The number of benzene rings is 1. The van der Waals surface area contributed by atoms with E-state index in [2.05, 4.69) is 15.0 Å². The maximum Gasteiger partial charge on any atom is 0.169 e. The molecule has 0 aliphatic carbocycles. The lowest BCUT2D eigenvalue weighted by Crippen LogP contribution is -2.10. The summed E-state index contributed by atoms with van der Waals surface area (Å²) >= 11 is 1.43. The van der Waals surface area contributed by atoms with Gasteiger partial charge in [-0.2, -0.15) is 0 Å². The van der Waals surface area contributed by atoms with Crippen LogP contribution in [0, 0.1) is 5.41 Å². The van der Waals surface area contributed by atoms with E-state index in [-0.39, 0.29) is 11.5 Å². The number of carbonyl (C=O) groups excluding carboxylic acids is 1. The first-order valence-corrected chi connectivity index (χ1v) is 10.7. The fourth-order valence-electron chi connectivity index (χ4n) is 3.49. The molecule has 0 saturated heterocycles. The second-order valence-corrected chi connectivity index (χ2v) is 8.34. The number of H-pyrrole nitrogens is 1. The fraction of sp³-hybridized carbons (Fsp3) is 0.0417. The van der Waals surface area contributed by atoms with Crippen LogP contribution in [-0.4, -0.2) is 31.4 Å². The summed E-state index contributed by atoms with van der Waals surface area (Å²) in [6.45, 7) is 1.56. The van der Waals surface area contributed by atoms with E-state index < -0.39 is 0 Å². The number of Topliss-reactive ketones (excluding diaryl/α,β-unsaturated/α-hetero) is 1. The number of aromatic amines is 1. The molecular formula is C24H18N6OS. The standard InChI is InChI=1S/C24H18N6OS/c1-13(31)19-7-8-20(32-19)15-3-2-4-18-22(15)30-24(29-18)21(26)23-16(25)5-6-17(28-23)14-9-11-27-12-10-14/h2-12,26H,25H2,1H3,(H,29,30). The van der Waals surface area contributed by atoms with E-state index in [0.29, 0.717) is 27.8 Å². The number of fused-ring (bicyclic) bond motifs is 1. The smallest absolute Gasteiger partial charge is 0.169 e. The lowest BCUT2D eigenvalue weighted by molar-refractivity contribution is 0.102. The highest BCUT2D eigenvalue weighted by molar-refractivity contribution is 7.17. The molecule has 7 nitrogen and oxygen atoms in total. The van der Waals surface area contributed by atoms with Crippen molar-refractivity contribution in [2.45, 2.75) is 6.92 Å². The number of nitrogens with zero attached hydrogens (tertiary/aromatic N) is 3. The summed E-state index contributed by atoms with van der Waals surface area (Å²) < 4.78 is 0. The summed E-state index contributed by atoms with van der Waals surface area (Å²) in [6.07, 6.45) is 3.39. The molecule has 0 saturated carbocycles. The van der Waals surface area contributed by atoms with Gasteiger partial charge in [0.1, 0.15) is 11.4 Å². The molecule has 0 bridgehead atoms. The molecule has 1 aromatic carbocycles. The van der Waals surface area contributed by atoms with E-state index in [4.69, 9.17) is 16.1 Å². The van der Waals surface area contributed by atoms with Crippen molar-refractivity contribution in [1.29, 1.82) is 5.41 Å². The Bertz CT molecular complexity index is 1490. The number of nitrogens with two attached hydrogens (primary N) is 1. The third-order valence-corrected chi connectivity index (χ3v) is 6.33. The quantitative estimate of drug-likeness (QED) is 0.265. The van der Waals surface area contributed by atoms with E-state index >= 15 is 0 Å². The number of rotatable bonds is 5. The summed E-state index contributed by atoms with van der Waals surface area (Å²) in [5.41, 5.74) is 11.0. The number of hydrogen-bond acceptors (Lipinski definition) is 7. The van der Waals surface area contributed by atoms with Gasteiger partial charge >= 0.3 is 0 Å². The van der Waals surface area contributed by atoms with E-state index in [1.165, 1.54) is 11.3 Å². The molecule has 0 fully saturated rings. The highest BCUT2D eigenvalue weighted by atomic mass is 32.1. The van der Waals surface area contributed by atoms with Gasteiger partial charge in [-0.15, -0.1) is 11.3 Å². The van der Waals surface area contributed by atoms with Crippen molar-refractivity contribution >= 4 is 39.6 Å². The first-order valence-electron chi connectivity index (χ1n) is 9.87. The minimum atomic E-state index is 0.0357. The molecule has 0 aliphatic rings. The van der Waals surface area contributed by atoms with Crippen LogP contribution in [0.5, 0.6) is 0 Å². The predicted molar refractivity (Wildman–Crippen MR) is 127 cm³/mol. The SMILES string of the molecule is CC(=O)c1ccc(-c2cccc3[nH]c(C(=N)c4nc(-c5ccncc5)ccc4N)nc23)s1. The van der Waals surface area contributed by atoms with Crippen molar-refractivity contribution < 1.29 is 4.79 Å². The molecule has 0 amide bonds. The molecule has 5 rings (SSSR count). The van der Waals surface area contributed by atoms with Crippen molar-refractivity contribution in [2.75, 3.05) is 5.73 Å². The molecule has 0 radical (unpaired) electrons. The van der Waals surface area contributed by atoms with E-state index in [1.54, 1.807) is 25.4 Å². The third kappa shape index (κ3) is 3.46. The van der Waals surface area contributed by atoms with Gasteiger partial charge in [0.15, 0.2) is 11.6 Å². The highest BCUT2D eigenvalue weighted by Crippen LogP contribution is 2.33. The van der Waals surface area contributed by atoms with Crippen LogP contribution in [0.25, 0.3) is 32.7 Å². The Morgan fingerprint density at radius 3 is 2.59 bits per heavy atom. The third-order valence-electron chi connectivity index (χ3n) is 5.11. The van der Waals surface area contributed by atoms with Gasteiger partial charge in [-0.1, -0.05) is 12.1 Å². The van der Waals surface area contributed by atoms with Crippen LogP contribution >= 0.6 is 11.3 Å². The normalized spacial score (nSPS) is 11.0. The van der Waals surface area contributed by atoms with Crippen LogP contribution in [0.3, 0.4) is 0 Å². The second kappa shape index (κ2) is 7.82. The van der Waals surface area contributed by atoms with Crippen LogP contribution in [0.15, 0.2) is 67.0 Å². The van der Waals surface area contributed by atoms with Crippen molar-refractivity contribution in [1.82, 2.24) is 19.9 Å². The minimum Gasteiger partial charge on any atom is -0.397 e. The maximum absolute atomic E-state index is 11.7. The lowest BCUT2D eigenvalue weighted by atomic mass is 10.1. The highest BCUT2D eigenvalue weighted by Gasteiger charge is 2.18. The minimum absolute atomic E-state index is 0.0357. The fourth-order valence-corrected chi connectivity index (χ4v) is 4.41. The number of nitrogens with one attached hydrogen (secondary N) is 2. The Morgan fingerprint density at radius 1 is 1.03 bits per heavy atom. The van der Waals surface area contributed by atoms with Crippen LogP contribution < -0.4 is 5.73 Å². The summed E-state index contributed by atoms with van der Waals surface area (Å²) in [4.78, 5) is 29.9. The van der Waals surface area contributed by atoms with Gasteiger partial charge in [0, 0.05) is 28.4 Å². The molecule has 0 unspecified atom stereocenters. The Morgan fingerprint density at radius 2 is 1.84 bits per heavy atom. The number of hydrogen-bond donors (Lipinski definition) is 3. The monoisotopic (exact) mass is 438 g/mol. The maximum atomic E-state index is 11.7. The van der Waals surface area contributed by atoms with Crippen molar-refractivity contribution in [3.05, 3.63) is 83.4 Å². The van der Waals surface area contributed by atoms with Gasteiger partial charge in [-0.3, -0.25) is 15.2 Å². The Balaban J connectivity index is 1.57. The van der Waals surface area contributed by atoms with Gasteiger partial charge in [-0.25, -0.2) is 9.97 Å². The summed E-state index contributed by atoms with van der Waals surface area (Å²) in [5.74, 6) is 0.412. The Hall–Kier alpha value is -4.17. The van der Waals surface area contributed by atoms with Crippen molar-refractivity contribution in [2.24, 2.45) is 0 Å². The van der Waals surface area contributed by atoms with E-state index in [0.717, 1.165) is 27.0 Å². The zero-order chi connectivity index (χ0) is 22.2. The zero-order valence-corrected chi connectivity index (χ0v) is 17.9. The molecule has 4 N–H and O–H groups in total. The number of ketones is 1. The van der Waals surface area contributed by atoms with Crippen molar-refractivity contribution in [3.8, 4) is 21.7 Å². The van der Waals surface area contributed by atoms with Crippen LogP contribution in [-0.2, 0) is 0 Å². The molecule has 0 aliphatic heterocycles. The predicted octanol–water partition coefficient (Wildman–Crippen LogP) is 4.95. The van der Waals surface area contributed by atoms with Crippen LogP contribution in [0.4, 0.5) is 5.69 Å². The molecule has 32 heavy (non-hydrogen) atoms. The van der Waals surface area contributed by atoms with Crippen molar-refractivity contribution in [3.63, 3.8) is 0 Å². The average molecular weight is 439 g/mol.